The van der Waals surface area contributed by atoms with Crippen LogP contribution in [0.5, 0.6) is 0 Å². The van der Waals surface area contributed by atoms with Crippen molar-refractivity contribution in [1.82, 2.24) is 0 Å². The molecule has 1 heterocycles. The van der Waals surface area contributed by atoms with Gasteiger partial charge >= 0.3 is 0 Å². The molecule has 3 rings (SSSR count). The lowest BCUT2D eigenvalue weighted by atomic mass is 10.2. The minimum Gasteiger partial charge on any atom is -0.455 e. The highest BCUT2D eigenvalue weighted by Crippen LogP contribution is 2.29. The molecule has 0 fully saturated rings. The molecule has 0 saturated heterocycles. The standard InChI is InChI=1S/C18H14BrNO/c1-13-6-8-14(9-7-13)20-12-15-10-11-18(21-15)16-4-2-3-5-17(16)19/h2-12H,1H3. The summed E-state index contributed by atoms with van der Waals surface area (Å²) in [6.45, 7) is 2.06. The van der Waals surface area contributed by atoms with E-state index in [9.17, 15) is 0 Å². The number of rotatable bonds is 3. The van der Waals surface area contributed by atoms with Crippen LogP contribution in [-0.4, -0.2) is 6.21 Å². The Labute approximate surface area is 132 Å². The fraction of sp³-hybridized carbons (Fsp3) is 0.0556. The van der Waals surface area contributed by atoms with Crippen LogP contribution >= 0.6 is 15.9 Å². The second-order valence-corrected chi connectivity index (χ2v) is 5.63. The molecule has 1 aromatic heterocycles. The van der Waals surface area contributed by atoms with Crippen molar-refractivity contribution < 1.29 is 4.42 Å². The molecule has 0 radical (unpaired) electrons. The van der Waals surface area contributed by atoms with Gasteiger partial charge in [-0.25, -0.2) is 0 Å². The van der Waals surface area contributed by atoms with Crippen LogP contribution < -0.4 is 0 Å². The fourth-order valence-corrected chi connectivity index (χ4v) is 2.48. The second-order valence-electron chi connectivity index (χ2n) is 4.78. The van der Waals surface area contributed by atoms with E-state index in [0.717, 1.165) is 27.2 Å². The summed E-state index contributed by atoms with van der Waals surface area (Å²) in [5.74, 6) is 1.56. The van der Waals surface area contributed by atoms with Crippen molar-refractivity contribution in [2.24, 2.45) is 4.99 Å². The second kappa shape index (κ2) is 6.10. The van der Waals surface area contributed by atoms with E-state index in [-0.39, 0.29) is 0 Å². The Bertz CT molecular complexity index is 772. The summed E-state index contributed by atoms with van der Waals surface area (Å²) in [5.41, 5.74) is 3.18. The van der Waals surface area contributed by atoms with Crippen molar-refractivity contribution in [3.05, 3.63) is 76.5 Å². The third-order valence-electron chi connectivity index (χ3n) is 3.14. The lowest BCUT2D eigenvalue weighted by Crippen LogP contribution is -1.77. The zero-order chi connectivity index (χ0) is 14.7. The van der Waals surface area contributed by atoms with E-state index in [1.165, 1.54) is 5.56 Å². The van der Waals surface area contributed by atoms with Crippen molar-refractivity contribution in [1.29, 1.82) is 0 Å². The van der Waals surface area contributed by atoms with E-state index < -0.39 is 0 Å². The van der Waals surface area contributed by atoms with Gasteiger partial charge < -0.3 is 4.42 Å². The quantitative estimate of drug-likeness (QED) is 0.556. The fourth-order valence-electron chi connectivity index (χ4n) is 2.00. The predicted molar refractivity (Wildman–Crippen MR) is 90.3 cm³/mol. The van der Waals surface area contributed by atoms with Crippen molar-refractivity contribution in [3.63, 3.8) is 0 Å². The maximum atomic E-state index is 5.82. The van der Waals surface area contributed by atoms with E-state index in [2.05, 4.69) is 27.8 Å². The number of benzene rings is 2. The molecule has 0 N–H and O–H groups in total. The zero-order valence-corrected chi connectivity index (χ0v) is 13.2. The molecule has 0 bridgehead atoms. The van der Waals surface area contributed by atoms with Crippen molar-refractivity contribution in [2.75, 3.05) is 0 Å². The largest absolute Gasteiger partial charge is 0.455 e. The van der Waals surface area contributed by atoms with Gasteiger partial charge in [0.1, 0.15) is 11.5 Å². The lowest BCUT2D eigenvalue weighted by Gasteiger charge is -1.99. The molecule has 0 saturated carbocycles. The maximum absolute atomic E-state index is 5.82. The number of furan rings is 1. The third-order valence-corrected chi connectivity index (χ3v) is 3.83. The van der Waals surface area contributed by atoms with Gasteiger partial charge in [-0.15, -0.1) is 0 Å². The van der Waals surface area contributed by atoms with E-state index in [0.29, 0.717) is 0 Å². The third kappa shape index (κ3) is 3.31. The first-order chi connectivity index (χ1) is 10.2. The number of halogens is 1. The average Bonchev–Trinajstić information content (AvgIpc) is 2.96. The summed E-state index contributed by atoms with van der Waals surface area (Å²) in [4.78, 5) is 4.42. The Morgan fingerprint density at radius 2 is 1.71 bits per heavy atom. The first-order valence-electron chi connectivity index (χ1n) is 6.68. The number of hydrogen-bond acceptors (Lipinski definition) is 2. The van der Waals surface area contributed by atoms with E-state index in [1.54, 1.807) is 6.21 Å². The van der Waals surface area contributed by atoms with Crippen LogP contribution in [0.2, 0.25) is 0 Å². The minimum absolute atomic E-state index is 0.737. The monoisotopic (exact) mass is 339 g/mol. The highest BCUT2D eigenvalue weighted by atomic mass is 79.9. The summed E-state index contributed by atoms with van der Waals surface area (Å²) >= 11 is 3.53. The molecule has 0 unspecified atom stereocenters. The predicted octanol–water partition coefficient (Wildman–Crippen LogP) is 5.77. The van der Waals surface area contributed by atoms with Gasteiger partial charge in [-0.3, -0.25) is 4.99 Å². The van der Waals surface area contributed by atoms with Crippen LogP contribution in [0.4, 0.5) is 5.69 Å². The molecule has 0 spiro atoms. The number of aryl methyl sites for hydroxylation is 1. The maximum Gasteiger partial charge on any atom is 0.145 e. The van der Waals surface area contributed by atoms with E-state index in [1.807, 2.05) is 60.7 Å². The van der Waals surface area contributed by atoms with Crippen LogP contribution in [0, 0.1) is 6.92 Å². The summed E-state index contributed by atoms with van der Waals surface area (Å²) in [6.07, 6.45) is 1.74. The molecule has 0 amide bonds. The molecule has 2 aromatic carbocycles. The number of nitrogens with zero attached hydrogens (tertiary/aromatic N) is 1. The highest BCUT2D eigenvalue weighted by Gasteiger charge is 2.06. The first kappa shape index (κ1) is 13.8. The Hall–Kier alpha value is -2.13. The molecule has 21 heavy (non-hydrogen) atoms. The summed E-state index contributed by atoms with van der Waals surface area (Å²) in [7, 11) is 0. The SMILES string of the molecule is Cc1ccc(N=Cc2ccc(-c3ccccc3Br)o2)cc1. The molecular formula is C18H14BrNO. The molecule has 3 heteroatoms. The molecule has 0 aliphatic rings. The molecule has 104 valence electrons. The van der Waals surface area contributed by atoms with Crippen molar-refractivity contribution in [3.8, 4) is 11.3 Å². The van der Waals surface area contributed by atoms with Crippen molar-refractivity contribution in [2.45, 2.75) is 6.92 Å². The molecular weight excluding hydrogens is 326 g/mol. The molecule has 2 nitrogen and oxygen atoms in total. The normalized spacial score (nSPS) is 11.1. The Morgan fingerprint density at radius 3 is 2.48 bits per heavy atom. The van der Waals surface area contributed by atoms with Crippen LogP contribution in [0.3, 0.4) is 0 Å². The van der Waals surface area contributed by atoms with Crippen LogP contribution in [0.15, 0.2) is 74.5 Å². The average molecular weight is 340 g/mol. The van der Waals surface area contributed by atoms with Gasteiger partial charge in [0.25, 0.3) is 0 Å². The summed E-state index contributed by atoms with van der Waals surface area (Å²) in [5, 5.41) is 0. The molecule has 3 aromatic rings. The van der Waals surface area contributed by atoms with Crippen LogP contribution in [0.1, 0.15) is 11.3 Å². The first-order valence-corrected chi connectivity index (χ1v) is 7.47. The van der Waals surface area contributed by atoms with Gasteiger partial charge in [0.05, 0.1) is 11.9 Å². The Kier molecular flexibility index (Phi) is 4.02. The topological polar surface area (TPSA) is 25.5 Å². The van der Waals surface area contributed by atoms with Gasteiger partial charge in [0, 0.05) is 10.0 Å². The molecule has 0 atom stereocenters. The van der Waals surface area contributed by atoms with Gasteiger partial charge in [0.2, 0.25) is 0 Å². The summed E-state index contributed by atoms with van der Waals surface area (Å²) < 4.78 is 6.83. The number of aliphatic imine (C=N–C) groups is 1. The minimum atomic E-state index is 0.737. The van der Waals surface area contributed by atoms with Crippen LogP contribution in [0.25, 0.3) is 11.3 Å². The van der Waals surface area contributed by atoms with Gasteiger partial charge in [-0.1, -0.05) is 51.8 Å². The summed E-state index contributed by atoms with van der Waals surface area (Å²) in [6, 6.07) is 19.9. The smallest absolute Gasteiger partial charge is 0.145 e. The lowest BCUT2D eigenvalue weighted by molar-refractivity contribution is 0.575. The highest BCUT2D eigenvalue weighted by molar-refractivity contribution is 9.10. The molecule has 0 aliphatic heterocycles. The van der Waals surface area contributed by atoms with E-state index >= 15 is 0 Å². The Balaban J connectivity index is 1.82. The molecule has 0 aliphatic carbocycles. The van der Waals surface area contributed by atoms with Gasteiger partial charge in [0.15, 0.2) is 0 Å². The number of hydrogen-bond donors (Lipinski definition) is 0. The Morgan fingerprint density at radius 1 is 0.952 bits per heavy atom. The van der Waals surface area contributed by atoms with Crippen molar-refractivity contribution >= 4 is 27.8 Å². The van der Waals surface area contributed by atoms with Crippen LogP contribution in [-0.2, 0) is 0 Å². The zero-order valence-electron chi connectivity index (χ0n) is 11.6. The van der Waals surface area contributed by atoms with Gasteiger partial charge in [-0.05, 0) is 37.3 Å². The van der Waals surface area contributed by atoms with Gasteiger partial charge in [-0.2, -0.15) is 0 Å². The van der Waals surface area contributed by atoms with E-state index in [4.69, 9.17) is 4.42 Å².